The molecular weight excluding hydrogens is 176 g/mol. The van der Waals surface area contributed by atoms with Crippen LogP contribution in [-0.4, -0.2) is 5.54 Å². The fourth-order valence-corrected chi connectivity index (χ4v) is 1.32. The van der Waals surface area contributed by atoms with Crippen LogP contribution >= 0.6 is 0 Å². The first kappa shape index (κ1) is 11.3. The summed E-state index contributed by atoms with van der Waals surface area (Å²) in [6.45, 7) is 5.93. The highest BCUT2D eigenvalue weighted by molar-refractivity contribution is 5.09. The van der Waals surface area contributed by atoms with E-state index in [-0.39, 0.29) is 11.6 Å². The van der Waals surface area contributed by atoms with E-state index >= 15 is 0 Å². The Hall–Kier alpha value is -0.800. The molecule has 14 heavy (non-hydrogen) atoms. The van der Waals surface area contributed by atoms with Crippen molar-refractivity contribution in [1.82, 2.24) is 0 Å². The summed E-state index contributed by atoms with van der Waals surface area (Å²) >= 11 is 0. The number of aryl methyl sites for hydroxylation is 1. The number of hydrogen-bond donors (Lipinski definition) is 2. The van der Waals surface area contributed by atoms with Crippen LogP contribution in [0.5, 0.6) is 0 Å². The molecule has 1 heterocycles. The summed E-state index contributed by atoms with van der Waals surface area (Å²) in [5.41, 5.74) is 11.7. The van der Waals surface area contributed by atoms with Crippen molar-refractivity contribution in [1.29, 1.82) is 0 Å². The molecule has 4 N–H and O–H groups in total. The zero-order valence-electron chi connectivity index (χ0n) is 9.21. The van der Waals surface area contributed by atoms with Gasteiger partial charge in [-0.15, -0.1) is 0 Å². The normalized spacial score (nSPS) is 14.4. The molecule has 0 spiro atoms. The van der Waals surface area contributed by atoms with E-state index in [0.29, 0.717) is 0 Å². The quantitative estimate of drug-likeness (QED) is 0.775. The lowest BCUT2D eigenvalue weighted by Crippen LogP contribution is -2.32. The van der Waals surface area contributed by atoms with Gasteiger partial charge in [0.15, 0.2) is 0 Å². The molecule has 1 aromatic rings. The Labute approximate surface area is 85.5 Å². The first-order chi connectivity index (χ1) is 6.38. The van der Waals surface area contributed by atoms with Gasteiger partial charge in [-0.3, -0.25) is 0 Å². The van der Waals surface area contributed by atoms with Crippen LogP contribution in [0.25, 0.3) is 0 Å². The highest BCUT2D eigenvalue weighted by Gasteiger charge is 2.15. The molecule has 0 radical (unpaired) electrons. The molecule has 0 aromatic carbocycles. The van der Waals surface area contributed by atoms with E-state index in [0.717, 1.165) is 24.4 Å². The molecule has 3 heteroatoms. The maximum Gasteiger partial charge on any atom is 0.120 e. The van der Waals surface area contributed by atoms with Gasteiger partial charge in [-0.1, -0.05) is 0 Å². The maximum atomic E-state index is 5.97. The highest BCUT2D eigenvalue weighted by Crippen LogP contribution is 2.21. The van der Waals surface area contributed by atoms with Crippen LogP contribution in [0.15, 0.2) is 16.5 Å². The van der Waals surface area contributed by atoms with Gasteiger partial charge < -0.3 is 15.9 Å². The summed E-state index contributed by atoms with van der Waals surface area (Å²) in [5.74, 6) is 1.76. The Kier molecular flexibility index (Phi) is 3.34. The van der Waals surface area contributed by atoms with Gasteiger partial charge in [0.2, 0.25) is 0 Å². The third-order valence-corrected chi connectivity index (χ3v) is 2.23. The van der Waals surface area contributed by atoms with Crippen molar-refractivity contribution in [2.24, 2.45) is 11.5 Å². The average molecular weight is 196 g/mol. The van der Waals surface area contributed by atoms with Crippen LogP contribution < -0.4 is 11.5 Å². The monoisotopic (exact) mass is 196 g/mol. The molecule has 0 saturated carbocycles. The first-order valence-electron chi connectivity index (χ1n) is 4.99. The van der Waals surface area contributed by atoms with Crippen molar-refractivity contribution in [2.75, 3.05) is 0 Å². The van der Waals surface area contributed by atoms with Crippen molar-refractivity contribution >= 4 is 0 Å². The molecule has 0 fully saturated rings. The molecular formula is C11H20N2O. The number of hydrogen-bond acceptors (Lipinski definition) is 3. The minimum absolute atomic E-state index is 0.0356. The lowest BCUT2D eigenvalue weighted by Gasteiger charge is -2.19. The third kappa shape index (κ3) is 3.52. The molecule has 1 unspecified atom stereocenters. The minimum Gasteiger partial charge on any atom is -0.465 e. The second-order valence-corrected chi connectivity index (χ2v) is 4.58. The highest BCUT2D eigenvalue weighted by atomic mass is 16.3. The van der Waals surface area contributed by atoms with Crippen LogP contribution in [0.2, 0.25) is 0 Å². The molecule has 0 aliphatic heterocycles. The number of nitrogens with two attached hydrogens (primary N) is 2. The van der Waals surface area contributed by atoms with E-state index in [1.54, 1.807) is 0 Å². The van der Waals surface area contributed by atoms with Gasteiger partial charge in [-0.05, 0) is 45.7 Å². The summed E-state index contributed by atoms with van der Waals surface area (Å²) in [5, 5.41) is 0. The third-order valence-electron chi connectivity index (χ3n) is 2.23. The van der Waals surface area contributed by atoms with Gasteiger partial charge in [0.05, 0.1) is 6.04 Å². The van der Waals surface area contributed by atoms with Gasteiger partial charge >= 0.3 is 0 Å². The topological polar surface area (TPSA) is 65.2 Å². The molecule has 0 amide bonds. The molecule has 0 aliphatic carbocycles. The lowest BCUT2D eigenvalue weighted by atomic mass is 9.96. The Bertz CT molecular complexity index is 286. The largest absolute Gasteiger partial charge is 0.465 e. The average Bonchev–Trinajstić information content (AvgIpc) is 2.46. The second kappa shape index (κ2) is 4.15. The summed E-state index contributed by atoms with van der Waals surface area (Å²) in [7, 11) is 0. The zero-order valence-corrected chi connectivity index (χ0v) is 9.21. The molecule has 1 atom stereocenters. The van der Waals surface area contributed by atoms with Crippen LogP contribution in [0.4, 0.5) is 0 Å². The maximum absolute atomic E-state index is 5.97. The van der Waals surface area contributed by atoms with Crippen molar-refractivity contribution in [2.45, 2.75) is 45.2 Å². The van der Waals surface area contributed by atoms with Crippen LogP contribution in [0, 0.1) is 6.92 Å². The van der Waals surface area contributed by atoms with Gasteiger partial charge in [0, 0.05) is 5.54 Å². The van der Waals surface area contributed by atoms with Crippen molar-refractivity contribution < 1.29 is 4.42 Å². The van der Waals surface area contributed by atoms with Gasteiger partial charge in [-0.25, -0.2) is 0 Å². The van der Waals surface area contributed by atoms with Crippen molar-refractivity contribution in [3.63, 3.8) is 0 Å². The van der Waals surface area contributed by atoms with Crippen molar-refractivity contribution in [3.8, 4) is 0 Å². The lowest BCUT2D eigenvalue weighted by molar-refractivity contribution is 0.388. The number of rotatable bonds is 4. The molecule has 0 bridgehead atoms. The fraction of sp³-hybridized carbons (Fsp3) is 0.636. The summed E-state index contributed by atoms with van der Waals surface area (Å²) in [4.78, 5) is 0. The van der Waals surface area contributed by atoms with Gasteiger partial charge in [0.25, 0.3) is 0 Å². The van der Waals surface area contributed by atoms with Crippen LogP contribution in [0.3, 0.4) is 0 Å². The zero-order chi connectivity index (χ0) is 10.8. The van der Waals surface area contributed by atoms with E-state index in [1.807, 2.05) is 32.9 Å². The summed E-state index contributed by atoms with van der Waals surface area (Å²) in [6.07, 6.45) is 1.75. The Morgan fingerprint density at radius 3 is 2.50 bits per heavy atom. The Balaban J connectivity index is 2.47. The van der Waals surface area contributed by atoms with Crippen LogP contribution in [-0.2, 0) is 0 Å². The van der Waals surface area contributed by atoms with Crippen molar-refractivity contribution in [3.05, 3.63) is 23.7 Å². The Morgan fingerprint density at radius 1 is 1.43 bits per heavy atom. The summed E-state index contributed by atoms with van der Waals surface area (Å²) in [6, 6.07) is 3.83. The van der Waals surface area contributed by atoms with E-state index in [1.165, 1.54) is 0 Å². The summed E-state index contributed by atoms with van der Waals surface area (Å²) < 4.78 is 5.44. The molecule has 0 saturated heterocycles. The predicted octanol–water partition coefficient (Wildman–Crippen LogP) is 2.11. The number of furan rings is 1. The smallest absolute Gasteiger partial charge is 0.120 e. The van der Waals surface area contributed by atoms with E-state index in [9.17, 15) is 0 Å². The molecule has 0 aliphatic rings. The van der Waals surface area contributed by atoms with Gasteiger partial charge in [0.1, 0.15) is 11.5 Å². The fourth-order valence-electron chi connectivity index (χ4n) is 1.32. The SMILES string of the molecule is Cc1ccc(C(N)CCC(C)(C)N)o1. The van der Waals surface area contributed by atoms with E-state index < -0.39 is 0 Å². The molecule has 3 nitrogen and oxygen atoms in total. The Morgan fingerprint density at radius 2 is 2.07 bits per heavy atom. The minimum atomic E-state index is -0.154. The van der Waals surface area contributed by atoms with Crippen LogP contribution in [0.1, 0.15) is 44.3 Å². The molecule has 1 rings (SSSR count). The molecule has 1 aromatic heterocycles. The second-order valence-electron chi connectivity index (χ2n) is 4.58. The van der Waals surface area contributed by atoms with E-state index in [4.69, 9.17) is 15.9 Å². The van der Waals surface area contributed by atoms with E-state index in [2.05, 4.69) is 0 Å². The standard InChI is InChI=1S/C11H20N2O/c1-8-4-5-10(14-8)9(12)6-7-11(2,3)13/h4-5,9H,6-7,12-13H2,1-3H3. The first-order valence-corrected chi connectivity index (χ1v) is 4.99. The van der Waals surface area contributed by atoms with Gasteiger partial charge in [-0.2, -0.15) is 0 Å². The molecule has 80 valence electrons. The predicted molar refractivity (Wildman–Crippen MR) is 57.9 cm³/mol.